The molecule has 1 fully saturated rings. The standard InChI is InChI=1S/C23H26N2O4/c1-3-17-9-11-18(12-10-17)16(2)24-21(26)15-29-23(28)19-6-4-7-20(14-19)25-13-5-8-22(25)27/h4,6-7,9-12,14,16H,3,5,8,13,15H2,1-2H3,(H,24,26)/t16-/m1/s1. The first-order valence-electron chi connectivity index (χ1n) is 9.93. The number of esters is 1. The van der Waals surface area contributed by atoms with Crippen LogP contribution in [0.3, 0.4) is 0 Å². The molecular formula is C23H26N2O4. The highest BCUT2D eigenvalue weighted by molar-refractivity contribution is 5.97. The second-order valence-corrected chi connectivity index (χ2v) is 7.16. The van der Waals surface area contributed by atoms with Gasteiger partial charge in [-0.2, -0.15) is 0 Å². The summed E-state index contributed by atoms with van der Waals surface area (Å²) in [6.07, 6.45) is 2.30. The Morgan fingerprint density at radius 2 is 1.93 bits per heavy atom. The van der Waals surface area contributed by atoms with Crippen LogP contribution in [0.5, 0.6) is 0 Å². The molecule has 0 saturated carbocycles. The Bertz CT molecular complexity index is 892. The van der Waals surface area contributed by atoms with Crippen molar-refractivity contribution >= 4 is 23.5 Å². The molecule has 0 aromatic heterocycles. The molecule has 6 nitrogen and oxygen atoms in total. The molecule has 0 aliphatic carbocycles. The van der Waals surface area contributed by atoms with Crippen LogP contribution in [0.15, 0.2) is 48.5 Å². The van der Waals surface area contributed by atoms with Crippen molar-refractivity contribution in [1.82, 2.24) is 5.32 Å². The van der Waals surface area contributed by atoms with E-state index in [1.165, 1.54) is 5.56 Å². The Labute approximate surface area is 170 Å². The maximum absolute atomic E-state index is 12.3. The molecule has 6 heteroatoms. The zero-order valence-electron chi connectivity index (χ0n) is 16.8. The van der Waals surface area contributed by atoms with Crippen molar-refractivity contribution in [1.29, 1.82) is 0 Å². The van der Waals surface area contributed by atoms with Gasteiger partial charge in [0, 0.05) is 18.7 Å². The largest absolute Gasteiger partial charge is 0.452 e. The number of nitrogens with zero attached hydrogens (tertiary/aromatic N) is 1. The summed E-state index contributed by atoms with van der Waals surface area (Å²) in [6.45, 7) is 4.27. The van der Waals surface area contributed by atoms with Gasteiger partial charge in [0.15, 0.2) is 6.61 Å². The summed E-state index contributed by atoms with van der Waals surface area (Å²) in [5, 5.41) is 2.83. The van der Waals surface area contributed by atoms with Crippen LogP contribution in [0.1, 0.15) is 54.2 Å². The lowest BCUT2D eigenvalue weighted by Crippen LogP contribution is -2.31. The number of carbonyl (C=O) groups excluding carboxylic acids is 3. The molecule has 1 saturated heterocycles. The molecule has 1 atom stereocenters. The monoisotopic (exact) mass is 394 g/mol. The third-order valence-electron chi connectivity index (χ3n) is 5.07. The maximum atomic E-state index is 12.3. The summed E-state index contributed by atoms with van der Waals surface area (Å²) >= 11 is 0. The average molecular weight is 394 g/mol. The van der Waals surface area contributed by atoms with Crippen LogP contribution in [0.2, 0.25) is 0 Å². The third-order valence-corrected chi connectivity index (χ3v) is 5.07. The zero-order chi connectivity index (χ0) is 20.8. The first-order valence-corrected chi connectivity index (χ1v) is 9.93. The van der Waals surface area contributed by atoms with Crippen LogP contribution in [0.25, 0.3) is 0 Å². The molecule has 2 aromatic rings. The van der Waals surface area contributed by atoms with Crippen molar-refractivity contribution in [3.8, 4) is 0 Å². The summed E-state index contributed by atoms with van der Waals surface area (Å²) in [4.78, 5) is 38.0. The van der Waals surface area contributed by atoms with Crippen LogP contribution in [0, 0.1) is 0 Å². The SMILES string of the molecule is CCc1ccc([C@@H](C)NC(=O)COC(=O)c2cccc(N3CCCC3=O)c2)cc1. The highest BCUT2D eigenvalue weighted by atomic mass is 16.5. The molecule has 0 spiro atoms. The van der Waals surface area contributed by atoms with Crippen molar-refractivity contribution in [3.63, 3.8) is 0 Å². The molecule has 0 unspecified atom stereocenters. The van der Waals surface area contributed by atoms with Gasteiger partial charge >= 0.3 is 5.97 Å². The number of benzene rings is 2. The predicted molar refractivity (Wildman–Crippen MR) is 111 cm³/mol. The molecule has 0 bridgehead atoms. The second-order valence-electron chi connectivity index (χ2n) is 7.16. The first kappa shape index (κ1) is 20.6. The van der Waals surface area contributed by atoms with E-state index in [1.54, 1.807) is 29.2 Å². The summed E-state index contributed by atoms with van der Waals surface area (Å²) in [5.41, 5.74) is 3.22. The minimum absolute atomic E-state index is 0.0517. The van der Waals surface area contributed by atoms with Crippen molar-refractivity contribution < 1.29 is 19.1 Å². The molecule has 2 amide bonds. The number of ether oxygens (including phenoxy) is 1. The fourth-order valence-electron chi connectivity index (χ4n) is 3.34. The molecule has 2 aromatic carbocycles. The van der Waals surface area contributed by atoms with E-state index in [2.05, 4.69) is 12.2 Å². The van der Waals surface area contributed by atoms with Gasteiger partial charge in [-0.1, -0.05) is 37.3 Å². The van der Waals surface area contributed by atoms with Crippen LogP contribution >= 0.6 is 0 Å². The van der Waals surface area contributed by atoms with E-state index in [0.29, 0.717) is 24.2 Å². The Hall–Kier alpha value is -3.15. The van der Waals surface area contributed by atoms with Gasteiger partial charge in [-0.25, -0.2) is 4.79 Å². The van der Waals surface area contributed by atoms with Crippen molar-refractivity contribution in [2.75, 3.05) is 18.1 Å². The van der Waals surface area contributed by atoms with Crippen LogP contribution in [0.4, 0.5) is 5.69 Å². The lowest BCUT2D eigenvalue weighted by Gasteiger charge is -2.17. The van der Waals surface area contributed by atoms with E-state index >= 15 is 0 Å². The summed E-state index contributed by atoms with van der Waals surface area (Å²) in [5.74, 6) is -0.902. The van der Waals surface area contributed by atoms with E-state index in [1.807, 2.05) is 31.2 Å². The van der Waals surface area contributed by atoms with Gasteiger partial charge in [0.2, 0.25) is 5.91 Å². The molecular weight excluding hydrogens is 368 g/mol. The van der Waals surface area contributed by atoms with Gasteiger partial charge in [0.1, 0.15) is 0 Å². The van der Waals surface area contributed by atoms with E-state index in [-0.39, 0.29) is 24.5 Å². The molecule has 152 valence electrons. The predicted octanol–water partition coefficient (Wildman–Crippen LogP) is 3.41. The van der Waals surface area contributed by atoms with E-state index in [9.17, 15) is 14.4 Å². The maximum Gasteiger partial charge on any atom is 0.338 e. The quantitative estimate of drug-likeness (QED) is 0.730. The normalized spacial score (nSPS) is 14.6. The van der Waals surface area contributed by atoms with Gasteiger partial charge in [-0.3, -0.25) is 9.59 Å². The van der Waals surface area contributed by atoms with Gasteiger partial charge in [0.05, 0.1) is 11.6 Å². The Morgan fingerprint density at radius 1 is 1.17 bits per heavy atom. The molecule has 3 rings (SSSR count). The number of aryl methyl sites for hydroxylation is 1. The minimum Gasteiger partial charge on any atom is -0.452 e. The van der Waals surface area contributed by atoms with Crippen molar-refractivity contribution in [2.24, 2.45) is 0 Å². The Morgan fingerprint density at radius 3 is 2.59 bits per heavy atom. The Balaban J connectivity index is 1.53. The van der Waals surface area contributed by atoms with Gasteiger partial charge in [-0.15, -0.1) is 0 Å². The summed E-state index contributed by atoms with van der Waals surface area (Å²) in [7, 11) is 0. The smallest absolute Gasteiger partial charge is 0.338 e. The number of hydrogen-bond acceptors (Lipinski definition) is 4. The first-order chi connectivity index (χ1) is 14.0. The van der Waals surface area contributed by atoms with E-state index in [0.717, 1.165) is 18.4 Å². The number of rotatable bonds is 7. The molecule has 1 aliphatic rings. The van der Waals surface area contributed by atoms with Gasteiger partial charge in [-0.05, 0) is 49.1 Å². The molecule has 29 heavy (non-hydrogen) atoms. The highest BCUT2D eigenvalue weighted by Crippen LogP contribution is 2.22. The fraction of sp³-hybridized carbons (Fsp3) is 0.348. The number of carbonyl (C=O) groups is 3. The molecule has 1 aliphatic heterocycles. The number of nitrogens with one attached hydrogen (secondary N) is 1. The number of hydrogen-bond donors (Lipinski definition) is 1. The highest BCUT2D eigenvalue weighted by Gasteiger charge is 2.22. The fourth-order valence-corrected chi connectivity index (χ4v) is 3.34. The van der Waals surface area contributed by atoms with Crippen molar-refractivity contribution in [2.45, 2.75) is 39.2 Å². The minimum atomic E-state index is -0.589. The number of amides is 2. The Kier molecular flexibility index (Phi) is 6.65. The van der Waals surface area contributed by atoms with Crippen LogP contribution < -0.4 is 10.2 Å². The average Bonchev–Trinajstić information content (AvgIpc) is 3.18. The molecule has 1 N–H and O–H groups in total. The zero-order valence-corrected chi connectivity index (χ0v) is 16.8. The van der Waals surface area contributed by atoms with Crippen molar-refractivity contribution in [3.05, 3.63) is 65.2 Å². The lowest BCUT2D eigenvalue weighted by atomic mass is 10.1. The van der Waals surface area contributed by atoms with E-state index in [4.69, 9.17) is 4.74 Å². The molecule has 1 heterocycles. The lowest BCUT2D eigenvalue weighted by molar-refractivity contribution is -0.124. The summed E-state index contributed by atoms with van der Waals surface area (Å²) < 4.78 is 5.15. The van der Waals surface area contributed by atoms with Gasteiger partial charge in [0.25, 0.3) is 5.91 Å². The molecule has 0 radical (unpaired) electrons. The topological polar surface area (TPSA) is 75.7 Å². The summed E-state index contributed by atoms with van der Waals surface area (Å²) in [6, 6.07) is 14.6. The number of anilines is 1. The van der Waals surface area contributed by atoms with Crippen LogP contribution in [-0.4, -0.2) is 30.9 Å². The van der Waals surface area contributed by atoms with E-state index < -0.39 is 5.97 Å². The second kappa shape index (κ2) is 9.37. The van der Waals surface area contributed by atoms with Crippen LogP contribution in [-0.2, 0) is 20.7 Å². The third kappa shape index (κ3) is 5.22. The van der Waals surface area contributed by atoms with Gasteiger partial charge < -0.3 is 15.0 Å².